The summed E-state index contributed by atoms with van der Waals surface area (Å²) in [5.41, 5.74) is 0. The number of hydrogen-bond donors (Lipinski definition) is 0. The Morgan fingerprint density at radius 3 is 3.10 bits per heavy atom. The second-order valence-electron chi connectivity index (χ2n) is 1.55. The lowest BCUT2D eigenvalue weighted by Gasteiger charge is -1.82. The van der Waals surface area contributed by atoms with Gasteiger partial charge in [-0.15, -0.1) is 0 Å². The molecule has 0 N–H and O–H groups in total. The van der Waals surface area contributed by atoms with Crippen LogP contribution in [0.1, 0.15) is 5.82 Å². The Morgan fingerprint density at radius 1 is 1.80 bits per heavy atom. The monoisotopic (exact) mass is 171 g/mol. The summed E-state index contributed by atoms with van der Waals surface area (Å²) in [6.07, 6.45) is 0. The third-order valence-electron chi connectivity index (χ3n) is 0.769. The highest BCUT2D eigenvalue weighted by Crippen LogP contribution is 2.18. The van der Waals surface area contributed by atoms with Crippen molar-refractivity contribution >= 4 is 23.3 Å². The van der Waals surface area contributed by atoms with E-state index in [9.17, 15) is 0 Å². The van der Waals surface area contributed by atoms with Crippen LogP contribution in [0.25, 0.3) is 0 Å². The fourth-order valence-corrected chi connectivity index (χ4v) is 1.74. The molecule has 0 aliphatic rings. The Morgan fingerprint density at radius 2 is 2.60 bits per heavy atom. The second-order valence-corrected chi connectivity index (χ2v) is 3.53. The molecule has 0 aliphatic carbocycles. The largest absolute Gasteiger partial charge is 0.213 e. The van der Waals surface area contributed by atoms with E-state index >= 15 is 0 Å². The maximum atomic E-state index is 8.22. The van der Waals surface area contributed by atoms with Crippen molar-refractivity contribution in [2.75, 3.05) is 5.75 Å². The van der Waals surface area contributed by atoms with Crippen molar-refractivity contribution in [2.24, 2.45) is 0 Å². The molecule has 3 nitrogen and oxygen atoms in total. The van der Waals surface area contributed by atoms with E-state index in [2.05, 4.69) is 9.36 Å². The molecule has 0 atom stereocenters. The van der Waals surface area contributed by atoms with E-state index in [1.54, 1.807) is 0 Å². The summed E-state index contributed by atoms with van der Waals surface area (Å²) < 4.78 is 4.84. The summed E-state index contributed by atoms with van der Waals surface area (Å²) in [5.74, 6) is 1.24. The average Bonchev–Trinajstić information content (AvgIpc) is 2.31. The highest BCUT2D eigenvalue weighted by Gasteiger charge is 1.98. The van der Waals surface area contributed by atoms with E-state index in [0.717, 1.165) is 10.2 Å². The van der Waals surface area contributed by atoms with Crippen LogP contribution in [0.3, 0.4) is 0 Å². The van der Waals surface area contributed by atoms with Crippen LogP contribution in [-0.2, 0) is 0 Å². The van der Waals surface area contributed by atoms with E-state index in [1.807, 2.05) is 13.0 Å². The molecule has 1 heterocycles. The summed E-state index contributed by atoms with van der Waals surface area (Å²) in [5, 5.41) is 8.22. The molecule has 0 aromatic carbocycles. The minimum absolute atomic E-state index is 0.453. The van der Waals surface area contributed by atoms with Crippen LogP contribution < -0.4 is 0 Å². The van der Waals surface area contributed by atoms with Gasteiger partial charge in [0.05, 0.1) is 11.8 Å². The van der Waals surface area contributed by atoms with E-state index in [1.165, 1.54) is 23.3 Å². The molecule has 52 valence electrons. The van der Waals surface area contributed by atoms with Crippen molar-refractivity contribution in [3.05, 3.63) is 5.82 Å². The molecule has 1 rings (SSSR count). The molecule has 0 saturated heterocycles. The summed E-state index contributed by atoms with van der Waals surface area (Å²) >= 11 is 2.77. The summed E-state index contributed by atoms with van der Waals surface area (Å²) in [7, 11) is 0. The van der Waals surface area contributed by atoms with Crippen LogP contribution in [0, 0.1) is 18.3 Å². The normalized spacial score (nSPS) is 9.20. The van der Waals surface area contributed by atoms with E-state index in [-0.39, 0.29) is 0 Å². The van der Waals surface area contributed by atoms with Crippen LogP contribution >= 0.6 is 23.3 Å². The third-order valence-corrected chi connectivity index (χ3v) is 2.56. The molecule has 5 heteroatoms. The minimum Gasteiger partial charge on any atom is -0.213 e. The lowest BCUT2D eigenvalue weighted by Crippen LogP contribution is -1.73. The first-order chi connectivity index (χ1) is 4.83. The average molecular weight is 171 g/mol. The first-order valence-corrected chi connectivity index (χ1v) is 4.39. The highest BCUT2D eigenvalue weighted by molar-refractivity contribution is 8.01. The third kappa shape index (κ3) is 1.97. The SMILES string of the molecule is Cc1nsc(SCC#N)n1. The van der Waals surface area contributed by atoms with Crippen molar-refractivity contribution in [2.45, 2.75) is 11.3 Å². The maximum Gasteiger partial charge on any atom is 0.171 e. The van der Waals surface area contributed by atoms with Gasteiger partial charge in [-0.05, 0) is 18.5 Å². The summed E-state index contributed by atoms with van der Waals surface area (Å²) in [6.45, 7) is 1.84. The first kappa shape index (κ1) is 7.51. The summed E-state index contributed by atoms with van der Waals surface area (Å²) in [6, 6.07) is 2.03. The molecule has 0 amide bonds. The Balaban J connectivity index is 2.52. The fourth-order valence-electron chi connectivity index (χ4n) is 0.431. The molecule has 0 bridgehead atoms. The predicted octanol–water partition coefficient (Wildman–Crippen LogP) is 1.46. The topological polar surface area (TPSA) is 49.6 Å². The van der Waals surface area contributed by atoms with Crippen LogP contribution in [0.15, 0.2) is 4.34 Å². The van der Waals surface area contributed by atoms with Gasteiger partial charge in [0.2, 0.25) is 0 Å². The Bertz CT molecular complexity index is 250. The zero-order chi connectivity index (χ0) is 7.40. The van der Waals surface area contributed by atoms with Gasteiger partial charge >= 0.3 is 0 Å². The van der Waals surface area contributed by atoms with Crippen molar-refractivity contribution in [3.8, 4) is 6.07 Å². The standard InChI is InChI=1S/C5H5N3S2/c1-4-7-5(10-8-4)9-3-2-6/h3H2,1H3. The number of hydrogen-bond acceptors (Lipinski definition) is 5. The Labute approximate surface area is 67.3 Å². The molecule has 1 aromatic heterocycles. The van der Waals surface area contributed by atoms with E-state index in [4.69, 9.17) is 5.26 Å². The van der Waals surface area contributed by atoms with Crippen LogP contribution in [0.4, 0.5) is 0 Å². The zero-order valence-electron chi connectivity index (χ0n) is 5.37. The molecule has 0 aliphatic heterocycles. The van der Waals surface area contributed by atoms with Gasteiger partial charge in [0.25, 0.3) is 0 Å². The number of aromatic nitrogens is 2. The van der Waals surface area contributed by atoms with Crippen LogP contribution in [-0.4, -0.2) is 15.1 Å². The van der Waals surface area contributed by atoms with Gasteiger partial charge in [0, 0.05) is 0 Å². The number of aryl methyl sites for hydroxylation is 1. The number of nitriles is 1. The maximum absolute atomic E-state index is 8.22. The van der Waals surface area contributed by atoms with Crippen molar-refractivity contribution in [1.82, 2.24) is 9.36 Å². The molecule has 1 aromatic rings. The lowest BCUT2D eigenvalue weighted by atomic mass is 10.8. The van der Waals surface area contributed by atoms with Gasteiger partial charge in [0.1, 0.15) is 5.82 Å². The molecule has 0 unspecified atom stereocenters. The second kappa shape index (κ2) is 3.54. The van der Waals surface area contributed by atoms with Gasteiger partial charge in [-0.3, -0.25) is 0 Å². The summed E-state index contributed by atoms with van der Waals surface area (Å²) in [4.78, 5) is 4.07. The number of thioether (sulfide) groups is 1. The molecule has 0 saturated carbocycles. The Kier molecular flexibility index (Phi) is 2.66. The molecular formula is C5H5N3S2. The minimum atomic E-state index is 0.453. The quantitative estimate of drug-likeness (QED) is 0.632. The van der Waals surface area contributed by atoms with Crippen LogP contribution in [0.5, 0.6) is 0 Å². The van der Waals surface area contributed by atoms with Gasteiger partial charge in [0.15, 0.2) is 4.34 Å². The van der Waals surface area contributed by atoms with Gasteiger partial charge in [-0.1, -0.05) is 11.8 Å². The lowest BCUT2D eigenvalue weighted by molar-refractivity contribution is 1.10. The molecule has 10 heavy (non-hydrogen) atoms. The van der Waals surface area contributed by atoms with Crippen molar-refractivity contribution < 1.29 is 0 Å². The smallest absolute Gasteiger partial charge is 0.171 e. The fraction of sp³-hybridized carbons (Fsp3) is 0.400. The molecule has 0 radical (unpaired) electrons. The molecule has 0 fully saturated rings. The highest BCUT2D eigenvalue weighted by atomic mass is 32.2. The van der Waals surface area contributed by atoms with E-state index in [0.29, 0.717) is 5.75 Å². The molecule has 0 spiro atoms. The van der Waals surface area contributed by atoms with Gasteiger partial charge in [-0.25, -0.2) is 4.98 Å². The number of nitrogens with zero attached hydrogens (tertiary/aromatic N) is 3. The van der Waals surface area contributed by atoms with E-state index < -0.39 is 0 Å². The zero-order valence-corrected chi connectivity index (χ0v) is 7.00. The van der Waals surface area contributed by atoms with Gasteiger partial charge < -0.3 is 0 Å². The molecular weight excluding hydrogens is 166 g/mol. The Hall–Kier alpha value is -0.600. The first-order valence-electron chi connectivity index (χ1n) is 2.63. The van der Waals surface area contributed by atoms with Gasteiger partial charge in [-0.2, -0.15) is 9.64 Å². The van der Waals surface area contributed by atoms with Crippen LogP contribution in [0.2, 0.25) is 0 Å². The predicted molar refractivity (Wildman–Crippen MR) is 41.0 cm³/mol. The van der Waals surface area contributed by atoms with Crippen molar-refractivity contribution in [3.63, 3.8) is 0 Å². The van der Waals surface area contributed by atoms with Crippen molar-refractivity contribution in [1.29, 1.82) is 5.26 Å². The number of rotatable bonds is 2.